The predicted octanol–water partition coefficient (Wildman–Crippen LogP) is -3.98. The number of aliphatic carboxylic acids is 1. The molecule has 0 heterocycles. The third-order valence-electron chi connectivity index (χ3n) is 8.03. The highest BCUT2D eigenvalue weighted by Crippen LogP contribution is 2.11. The molecule has 0 aromatic heterocycles. The van der Waals surface area contributed by atoms with E-state index in [-0.39, 0.29) is 69.3 Å². The van der Waals surface area contributed by atoms with Gasteiger partial charge in [0.2, 0.25) is 47.3 Å². The van der Waals surface area contributed by atoms with Gasteiger partial charge in [0.1, 0.15) is 36.3 Å². The standard InChI is InChI=1S/C34H62N12O10/c1-16(2)14-23(45-27(49)18(5)35)32(54)46-24(15-17(3)4)31(53)42-20(8-7-13-40-34(38)39)29(51)44-22(10-12-26(37)48)30(52)43-21(9-11-25(36)47)28(50)41-19(6)33(55)56/h16-24H,7-15,35H2,1-6H3,(H2,36,47)(H2,37,48)(H,41,50)(H,42,53)(H,43,52)(H,44,51)(H,45,49)(H,46,54)(H,55,56)(H4,38,39,40)/t18-,19-,20-,21-,22-,23-,24-/m0/s1. The lowest BCUT2D eigenvalue weighted by Crippen LogP contribution is -2.60. The van der Waals surface area contributed by atoms with Crippen molar-refractivity contribution in [2.75, 3.05) is 6.54 Å². The maximum atomic E-state index is 13.8. The van der Waals surface area contributed by atoms with Gasteiger partial charge >= 0.3 is 5.97 Å². The molecular weight excluding hydrogens is 736 g/mol. The number of carboxylic acid groups (broad SMARTS) is 1. The van der Waals surface area contributed by atoms with E-state index in [1.807, 2.05) is 13.8 Å². The van der Waals surface area contributed by atoms with Crippen LogP contribution in [-0.4, -0.2) is 113 Å². The highest BCUT2D eigenvalue weighted by Gasteiger charge is 2.33. The summed E-state index contributed by atoms with van der Waals surface area (Å²) in [5, 5.41) is 24.1. The molecule has 17 N–H and O–H groups in total. The molecule has 0 aromatic rings. The fourth-order valence-electron chi connectivity index (χ4n) is 5.06. The summed E-state index contributed by atoms with van der Waals surface area (Å²) < 4.78 is 0. The predicted molar refractivity (Wildman–Crippen MR) is 204 cm³/mol. The van der Waals surface area contributed by atoms with E-state index < -0.39 is 102 Å². The van der Waals surface area contributed by atoms with Crippen molar-refractivity contribution < 1.29 is 48.3 Å². The van der Waals surface area contributed by atoms with Crippen LogP contribution in [0.1, 0.15) is 92.9 Å². The second-order valence-electron chi connectivity index (χ2n) is 14.4. The molecule has 22 nitrogen and oxygen atoms in total. The maximum absolute atomic E-state index is 13.8. The van der Waals surface area contributed by atoms with Gasteiger partial charge in [0, 0.05) is 19.4 Å². The van der Waals surface area contributed by atoms with Crippen LogP contribution >= 0.6 is 0 Å². The van der Waals surface area contributed by atoms with E-state index in [4.69, 9.17) is 28.7 Å². The van der Waals surface area contributed by atoms with Crippen molar-refractivity contribution >= 4 is 59.2 Å². The zero-order valence-corrected chi connectivity index (χ0v) is 33.0. The summed E-state index contributed by atoms with van der Waals surface area (Å²) in [7, 11) is 0. The van der Waals surface area contributed by atoms with Gasteiger partial charge in [0.25, 0.3) is 0 Å². The molecule has 0 bridgehead atoms. The van der Waals surface area contributed by atoms with Gasteiger partial charge in [0.05, 0.1) is 6.04 Å². The Balaban J connectivity index is 6.55. The van der Waals surface area contributed by atoms with Gasteiger partial charge < -0.3 is 65.7 Å². The van der Waals surface area contributed by atoms with Crippen molar-refractivity contribution in [3.8, 4) is 0 Å². The molecule has 0 aromatic carbocycles. The zero-order chi connectivity index (χ0) is 43.3. The average molecular weight is 799 g/mol. The van der Waals surface area contributed by atoms with Gasteiger partial charge in [-0.15, -0.1) is 0 Å². The molecule has 0 radical (unpaired) electrons. The van der Waals surface area contributed by atoms with Crippen LogP contribution in [0.15, 0.2) is 4.99 Å². The molecule has 0 aliphatic heterocycles. The lowest BCUT2D eigenvalue weighted by Gasteiger charge is -2.28. The van der Waals surface area contributed by atoms with Crippen LogP contribution in [-0.2, 0) is 43.2 Å². The first-order valence-corrected chi connectivity index (χ1v) is 18.4. The van der Waals surface area contributed by atoms with Crippen LogP contribution in [0.2, 0.25) is 0 Å². The van der Waals surface area contributed by atoms with E-state index in [1.54, 1.807) is 13.8 Å². The molecular formula is C34H62N12O10. The lowest BCUT2D eigenvalue weighted by atomic mass is 9.99. The molecule has 0 spiro atoms. The van der Waals surface area contributed by atoms with Gasteiger partial charge in [-0.3, -0.25) is 48.1 Å². The van der Waals surface area contributed by atoms with Crippen LogP contribution in [0, 0.1) is 11.8 Å². The fourth-order valence-corrected chi connectivity index (χ4v) is 5.06. The van der Waals surface area contributed by atoms with E-state index in [1.165, 1.54) is 13.8 Å². The molecule has 0 aliphatic rings. The number of carbonyl (C=O) groups is 9. The molecule has 22 heteroatoms. The number of amides is 8. The van der Waals surface area contributed by atoms with Gasteiger partial charge in [-0.1, -0.05) is 27.7 Å². The quantitative estimate of drug-likeness (QED) is 0.0215. The molecule has 0 fully saturated rings. The first kappa shape index (κ1) is 50.5. The number of hydrogen-bond acceptors (Lipinski definition) is 11. The molecule has 8 amide bonds. The average Bonchev–Trinajstić information content (AvgIpc) is 3.07. The number of guanidine groups is 1. The minimum atomic E-state index is -1.54. The lowest BCUT2D eigenvalue weighted by molar-refractivity contribution is -0.142. The molecule has 0 rings (SSSR count). The zero-order valence-electron chi connectivity index (χ0n) is 33.0. The SMILES string of the molecule is CC(C)C[C@H](NC(=O)[C@H](C)N)C(=O)N[C@@H](CC(C)C)C(=O)N[C@@H](CCCN=C(N)N)C(=O)N[C@@H](CCC(N)=O)C(=O)N[C@@H](CCC(N)=O)C(=O)N[C@@H](C)C(=O)O. The first-order valence-electron chi connectivity index (χ1n) is 18.4. The van der Waals surface area contributed by atoms with Gasteiger partial charge in [-0.2, -0.15) is 0 Å². The number of primary amides is 2. The van der Waals surface area contributed by atoms with E-state index >= 15 is 0 Å². The summed E-state index contributed by atoms with van der Waals surface area (Å²) in [5.74, 6) is -8.32. The van der Waals surface area contributed by atoms with Crippen molar-refractivity contribution in [3.05, 3.63) is 0 Å². The Hall–Kier alpha value is -5.54. The highest BCUT2D eigenvalue weighted by atomic mass is 16.4. The minimum absolute atomic E-state index is 0.0318. The topological polar surface area (TPSA) is 388 Å². The van der Waals surface area contributed by atoms with Crippen molar-refractivity contribution in [1.29, 1.82) is 0 Å². The Morgan fingerprint density at radius 2 is 0.857 bits per heavy atom. The number of nitrogens with two attached hydrogens (primary N) is 5. The summed E-state index contributed by atoms with van der Waals surface area (Å²) in [6, 6.07) is -8.89. The monoisotopic (exact) mass is 798 g/mol. The Morgan fingerprint density at radius 3 is 1.20 bits per heavy atom. The van der Waals surface area contributed by atoms with Crippen LogP contribution in [0.5, 0.6) is 0 Å². The number of nitrogens with zero attached hydrogens (tertiary/aromatic N) is 1. The van der Waals surface area contributed by atoms with Crippen molar-refractivity contribution in [3.63, 3.8) is 0 Å². The number of hydrogen-bond donors (Lipinski definition) is 12. The van der Waals surface area contributed by atoms with E-state index in [9.17, 15) is 48.3 Å². The summed E-state index contributed by atoms with van der Waals surface area (Å²) in [5.41, 5.74) is 27.1. The minimum Gasteiger partial charge on any atom is -0.480 e. The van der Waals surface area contributed by atoms with Gasteiger partial charge in [0.15, 0.2) is 5.96 Å². The molecule has 0 saturated carbocycles. The van der Waals surface area contributed by atoms with Gasteiger partial charge in [-0.25, -0.2) is 0 Å². The maximum Gasteiger partial charge on any atom is 0.325 e. The van der Waals surface area contributed by atoms with Crippen LogP contribution < -0.4 is 60.6 Å². The van der Waals surface area contributed by atoms with E-state index in [0.29, 0.717) is 0 Å². The Bertz CT molecular complexity index is 1420. The summed E-state index contributed by atoms with van der Waals surface area (Å²) in [4.78, 5) is 118. The van der Waals surface area contributed by atoms with Crippen LogP contribution in [0.4, 0.5) is 0 Å². The second-order valence-corrected chi connectivity index (χ2v) is 14.4. The summed E-state index contributed by atoms with van der Waals surface area (Å²) >= 11 is 0. The summed E-state index contributed by atoms with van der Waals surface area (Å²) in [6.07, 6.45) is -1.09. The van der Waals surface area contributed by atoms with Crippen LogP contribution in [0.3, 0.4) is 0 Å². The number of carboxylic acids is 1. The molecule has 0 aliphatic carbocycles. The van der Waals surface area contributed by atoms with E-state index in [2.05, 4.69) is 36.9 Å². The van der Waals surface area contributed by atoms with Crippen molar-refractivity contribution in [2.45, 2.75) is 135 Å². The van der Waals surface area contributed by atoms with Crippen LogP contribution in [0.25, 0.3) is 0 Å². The molecule has 0 saturated heterocycles. The third-order valence-corrected chi connectivity index (χ3v) is 8.03. The molecule has 56 heavy (non-hydrogen) atoms. The molecule has 318 valence electrons. The van der Waals surface area contributed by atoms with Crippen molar-refractivity contribution in [1.82, 2.24) is 31.9 Å². The Labute approximate surface area is 326 Å². The Morgan fingerprint density at radius 1 is 0.518 bits per heavy atom. The number of rotatable bonds is 27. The molecule has 7 atom stereocenters. The molecule has 0 unspecified atom stereocenters. The smallest absolute Gasteiger partial charge is 0.325 e. The van der Waals surface area contributed by atoms with Gasteiger partial charge in [-0.05, 0) is 64.2 Å². The number of nitrogens with one attached hydrogen (secondary N) is 6. The second kappa shape index (κ2) is 25.5. The fraction of sp³-hybridized carbons (Fsp3) is 0.706. The Kier molecular flexibility index (Phi) is 23.0. The largest absolute Gasteiger partial charge is 0.480 e. The van der Waals surface area contributed by atoms with Crippen molar-refractivity contribution in [2.24, 2.45) is 45.5 Å². The number of carbonyl (C=O) groups excluding carboxylic acids is 8. The first-order chi connectivity index (χ1) is 25.9. The highest BCUT2D eigenvalue weighted by molar-refractivity contribution is 5.97. The number of aliphatic imine (C=N–C) groups is 1. The summed E-state index contributed by atoms with van der Waals surface area (Å²) in [6.45, 7) is 9.96. The normalized spacial score (nSPS) is 14.7. The van der Waals surface area contributed by atoms with E-state index in [0.717, 1.165) is 0 Å². The third kappa shape index (κ3) is 21.4.